The average Bonchev–Trinajstić information content (AvgIpc) is 2.17. The van der Waals surface area contributed by atoms with E-state index in [1.54, 1.807) is 7.11 Å². The number of carbonyl (C=O) groups excluding carboxylic acids is 1. The van der Waals surface area contributed by atoms with Gasteiger partial charge in [0.1, 0.15) is 5.78 Å². The van der Waals surface area contributed by atoms with Crippen molar-refractivity contribution in [3.63, 3.8) is 0 Å². The van der Waals surface area contributed by atoms with Crippen LogP contribution in [0.3, 0.4) is 0 Å². The minimum atomic E-state index is -0.392. The number of hydrogen-bond acceptors (Lipinski definition) is 3. The molecule has 14 heavy (non-hydrogen) atoms. The van der Waals surface area contributed by atoms with E-state index in [9.17, 15) is 9.90 Å². The number of ketones is 1. The maximum atomic E-state index is 11.7. The third-order valence-electron chi connectivity index (χ3n) is 3.03. The molecule has 1 aliphatic carbocycles. The Hall–Kier alpha value is -0.410. The van der Waals surface area contributed by atoms with Gasteiger partial charge in [-0.2, -0.15) is 0 Å². The lowest BCUT2D eigenvalue weighted by molar-refractivity contribution is -0.131. The number of carbonyl (C=O) groups is 1. The van der Waals surface area contributed by atoms with Crippen molar-refractivity contribution in [1.82, 2.24) is 0 Å². The summed E-state index contributed by atoms with van der Waals surface area (Å²) in [5.41, 5.74) is 0. The molecule has 0 amide bonds. The fourth-order valence-electron chi connectivity index (χ4n) is 2.10. The molecule has 3 atom stereocenters. The first-order valence-corrected chi connectivity index (χ1v) is 5.30. The fraction of sp³-hybridized carbons (Fsp3) is 0.909. The van der Waals surface area contributed by atoms with Crippen molar-refractivity contribution < 1.29 is 14.6 Å². The van der Waals surface area contributed by atoms with Gasteiger partial charge in [0.05, 0.1) is 12.2 Å². The highest BCUT2D eigenvalue weighted by molar-refractivity contribution is 5.82. The fourth-order valence-corrected chi connectivity index (χ4v) is 2.10. The number of aliphatic hydroxyl groups is 1. The van der Waals surface area contributed by atoms with Crippen LogP contribution in [-0.2, 0) is 9.53 Å². The predicted octanol–water partition coefficient (Wildman–Crippen LogP) is 1.39. The van der Waals surface area contributed by atoms with E-state index in [4.69, 9.17) is 4.74 Å². The van der Waals surface area contributed by atoms with E-state index in [1.165, 1.54) is 0 Å². The average molecular weight is 200 g/mol. The molecule has 82 valence electrons. The molecule has 1 saturated carbocycles. The normalized spacial score (nSPS) is 33.4. The first-order valence-electron chi connectivity index (χ1n) is 5.30. The Kier molecular flexibility index (Phi) is 4.08. The van der Waals surface area contributed by atoms with Gasteiger partial charge in [0.15, 0.2) is 0 Å². The van der Waals surface area contributed by atoms with Crippen LogP contribution >= 0.6 is 0 Å². The van der Waals surface area contributed by atoms with Crippen LogP contribution in [0.25, 0.3) is 0 Å². The van der Waals surface area contributed by atoms with E-state index in [1.807, 2.05) is 13.8 Å². The highest BCUT2D eigenvalue weighted by Crippen LogP contribution is 2.28. The van der Waals surface area contributed by atoms with Gasteiger partial charge in [-0.05, 0) is 19.3 Å². The molecule has 0 aromatic carbocycles. The summed E-state index contributed by atoms with van der Waals surface area (Å²) in [6.07, 6.45) is 1.61. The Bertz CT molecular complexity index is 201. The molecule has 0 saturated heterocycles. The highest BCUT2D eigenvalue weighted by Gasteiger charge is 2.33. The zero-order valence-corrected chi connectivity index (χ0v) is 9.19. The van der Waals surface area contributed by atoms with Crippen molar-refractivity contribution in [1.29, 1.82) is 0 Å². The van der Waals surface area contributed by atoms with Crippen LogP contribution in [0.2, 0.25) is 0 Å². The smallest absolute Gasteiger partial charge is 0.138 e. The van der Waals surface area contributed by atoms with Gasteiger partial charge in [-0.25, -0.2) is 0 Å². The molecule has 1 rings (SSSR count). The van der Waals surface area contributed by atoms with Crippen molar-refractivity contribution in [3.8, 4) is 0 Å². The summed E-state index contributed by atoms with van der Waals surface area (Å²) >= 11 is 0. The largest absolute Gasteiger partial charge is 0.390 e. The van der Waals surface area contributed by atoms with E-state index in [-0.39, 0.29) is 17.9 Å². The van der Waals surface area contributed by atoms with Crippen LogP contribution in [-0.4, -0.2) is 30.2 Å². The molecule has 1 aliphatic rings. The second-order valence-corrected chi connectivity index (χ2v) is 4.41. The first-order chi connectivity index (χ1) is 6.56. The minimum Gasteiger partial charge on any atom is -0.390 e. The monoisotopic (exact) mass is 200 g/mol. The SMILES string of the molecule is CO[C@@H]1CC(C(=O)C(C)C)CC[C@H]1O. The molecular formula is C11H20O3. The quantitative estimate of drug-likeness (QED) is 0.748. The summed E-state index contributed by atoms with van der Waals surface area (Å²) in [5, 5.41) is 9.57. The summed E-state index contributed by atoms with van der Waals surface area (Å²) in [6.45, 7) is 3.85. The van der Waals surface area contributed by atoms with Gasteiger partial charge in [-0.3, -0.25) is 4.79 Å². The second-order valence-electron chi connectivity index (χ2n) is 4.41. The molecule has 3 heteroatoms. The predicted molar refractivity (Wildman–Crippen MR) is 54.0 cm³/mol. The Labute approximate surface area is 85.5 Å². The summed E-state index contributed by atoms with van der Waals surface area (Å²) in [7, 11) is 1.59. The Balaban J connectivity index is 2.54. The van der Waals surface area contributed by atoms with Gasteiger partial charge < -0.3 is 9.84 Å². The van der Waals surface area contributed by atoms with Gasteiger partial charge >= 0.3 is 0 Å². The summed E-state index contributed by atoms with van der Waals surface area (Å²) < 4.78 is 5.16. The number of rotatable bonds is 3. The van der Waals surface area contributed by atoms with E-state index in [0.29, 0.717) is 18.6 Å². The highest BCUT2D eigenvalue weighted by atomic mass is 16.5. The van der Waals surface area contributed by atoms with Crippen LogP contribution in [0.4, 0.5) is 0 Å². The standard InChI is InChI=1S/C11H20O3/c1-7(2)11(13)8-4-5-9(12)10(6-8)14-3/h7-10,12H,4-6H2,1-3H3/t8?,9-,10-/m1/s1. The molecule has 0 aliphatic heterocycles. The van der Waals surface area contributed by atoms with Gasteiger partial charge in [-0.1, -0.05) is 13.8 Å². The maximum Gasteiger partial charge on any atom is 0.138 e. The van der Waals surface area contributed by atoms with Crippen molar-refractivity contribution in [3.05, 3.63) is 0 Å². The van der Waals surface area contributed by atoms with Gasteiger partial charge in [0.2, 0.25) is 0 Å². The van der Waals surface area contributed by atoms with Crippen molar-refractivity contribution in [2.45, 2.75) is 45.3 Å². The third kappa shape index (κ3) is 2.55. The topological polar surface area (TPSA) is 46.5 Å². The van der Waals surface area contributed by atoms with Crippen LogP contribution in [0, 0.1) is 11.8 Å². The minimum absolute atomic E-state index is 0.0864. The maximum absolute atomic E-state index is 11.7. The van der Waals surface area contributed by atoms with Crippen molar-refractivity contribution >= 4 is 5.78 Å². The summed E-state index contributed by atoms with van der Waals surface area (Å²) in [4.78, 5) is 11.7. The summed E-state index contributed by atoms with van der Waals surface area (Å²) in [6, 6.07) is 0. The van der Waals surface area contributed by atoms with Crippen molar-refractivity contribution in [2.24, 2.45) is 11.8 Å². The summed E-state index contributed by atoms with van der Waals surface area (Å²) in [5.74, 6) is 0.482. The van der Waals surface area contributed by atoms with Crippen LogP contribution in [0.1, 0.15) is 33.1 Å². The van der Waals surface area contributed by atoms with Crippen molar-refractivity contribution in [2.75, 3.05) is 7.11 Å². The Morgan fingerprint density at radius 2 is 2.07 bits per heavy atom. The van der Waals surface area contributed by atoms with Crippen LogP contribution in [0.5, 0.6) is 0 Å². The van der Waals surface area contributed by atoms with Gasteiger partial charge in [-0.15, -0.1) is 0 Å². The number of aliphatic hydroxyl groups excluding tert-OH is 1. The van der Waals surface area contributed by atoms with Crippen LogP contribution < -0.4 is 0 Å². The molecule has 0 bridgehead atoms. The molecule has 0 heterocycles. The number of hydrogen-bond donors (Lipinski definition) is 1. The molecule has 0 aromatic heterocycles. The Morgan fingerprint density at radius 1 is 1.43 bits per heavy atom. The molecule has 0 spiro atoms. The Morgan fingerprint density at radius 3 is 2.57 bits per heavy atom. The zero-order valence-electron chi connectivity index (χ0n) is 9.19. The van der Waals surface area contributed by atoms with Crippen LogP contribution in [0.15, 0.2) is 0 Å². The van der Waals surface area contributed by atoms with E-state index in [2.05, 4.69) is 0 Å². The number of ether oxygens (including phenoxy) is 1. The lowest BCUT2D eigenvalue weighted by Gasteiger charge is -2.32. The molecule has 0 aromatic rings. The second kappa shape index (κ2) is 4.89. The number of methoxy groups -OCH3 is 1. The lowest BCUT2D eigenvalue weighted by Crippen LogP contribution is -2.38. The molecule has 3 nitrogen and oxygen atoms in total. The molecule has 1 N–H and O–H groups in total. The zero-order chi connectivity index (χ0) is 10.7. The third-order valence-corrected chi connectivity index (χ3v) is 3.03. The lowest BCUT2D eigenvalue weighted by atomic mass is 9.80. The van der Waals surface area contributed by atoms with Gasteiger partial charge in [0.25, 0.3) is 0 Å². The first kappa shape index (κ1) is 11.7. The van der Waals surface area contributed by atoms with E-state index >= 15 is 0 Å². The van der Waals surface area contributed by atoms with Gasteiger partial charge in [0, 0.05) is 18.9 Å². The van der Waals surface area contributed by atoms with E-state index in [0.717, 1.165) is 6.42 Å². The molecule has 1 fully saturated rings. The number of Topliss-reactive ketones (excluding diaryl/α,β-unsaturated/α-hetero) is 1. The molecule has 1 unspecified atom stereocenters. The molecular weight excluding hydrogens is 180 g/mol. The molecule has 0 radical (unpaired) electrons. The van der Waals surface area contributed by atoms with E-state index < -0.39 is 6.10 Å².